The first kappa shape index (κ1) is 11.9. The van der Waals surface area contributed by atoms with Gasteiger partial charge in [0.15, 0.2) is 5.78 Å². The minimum Gasteiger partial charge on any atom is -0.316 e. The molecular formula is C10H11NO2S2. The largest absolute Gasteiger partial charge is 0.316 e. The van der Waals surface area contributed by atoms with Gasteiger partial charge in [0.1, 0.15) is 0 Å². The van der Waals surface area contributed by atoms with Crippen molar-refractivity contribution in [2.45, 2.75) is 13.8 Å². The van der Waals surface area contributed by atoms with Gasteiger partial charge < -0.3 is 4.98 Å². The minimum absolute atomic E-state index is 0.0548. The van der Waals surface area contributed by atoms with Gasteiger partial charge >= 0.3 is 4.87 Å². The molecule has 2 aromatic heterocycles. The predicted molar refractivity (Wildman–Crippen MR) is 64.0 cm³/mol. The van der Waals surface area contributed by atoms with E-state index < -0.39 is 0 Å². The molecule has 0 bridgehead atoms. The van der Waals surface area contributed by atoms with E-state index in [1.54, 1.807) is 18.3 Å². The Hall–Kier alpha value is -1.20. The van der Waals surface area contributed by atoms with Crippen LogP contribution in [-0.4, -0.2) is 10.8 Å². The summed E-state index contributed by atoms with van der Waals surface area (Å²) in [5.41, 5.74) is 0.669. The fourth-order valence-corrected chi connectivity index (χ4v) is 2.16. The van der Waals surface area contributed by atoms with E-state index in [9.17, 15) is 9.59 Å². The molecule has 0 spiro atoms. The lowest BCUT2D eigenvalue weighted by molar-refractivity contribution is 0.102. The van der Waals surface area contributed by atoms with Crippen LogP contribution in [0.3, 0.4) is 0 Å². The number of thiophene rings is 1. The van der Waals surface area contributed by atoms with Crippen LogP contribution in [-0.2, 0) is 0 Å². The highest BCUT2D eigenvalue weighted by Crippen LogP contribution is 2.07. The van der Waals surface area contributed by atoms with Crippen LogP contribution in [0.15, 0.2) is 27.7 Å². The van der Waals surface area contributed by atoms with E-state index in [0.717, 1.165) is 11.3 Å². The molecule has 0 saturated heterocycles. The SMILES string of the molecule is CC(=O)c1sc(=O)[nH]c1C.c1ccsc1. The molecule has 0 aliphatic rings. The number of thiazole rings is 1. The Morgan fingerprint density at radius 2 is 1.93 bits per heavy atom. The van der Waals surface area contributed by atoms with Crippen LogP contribution >= 0.6 is 22.7 Å². The van der Waals surface area contributed by atoms with E-state index in [4.69, 9.17) is 0 Å². The van der Waals surface area contributed by atoms with E-state index in [2.05, 4.69) is 4.98 Å². The Labute approximate surface area is 95.4 Å². The number of aromatic amines is 1. The fraction of sp³-hybridized carbons (Fsp3) is 0.200. The molecule has 0 aromatic carbocycles. The van der Waals surface area contributed by atoms with Gasteiger partial charge in [-0.1, -0.05) is 23.5 Å². The third-order valence-electron chi connectivity index (χ3n) is 1.57. The van der Waals surface area contributed by atoms with Gasteiger partial charge in [0, 0.05) is 12.6 Å². The van der Waals surface area contributed by atoms with Crippen LogP contribution in [0.1, 0.15) is 22.3 Å². The molecule has 0 atom stereocenters. The van der Waals surface area contributed by atoms with Crippen molar-refractivity contribution in [2.24, 2.45) is 0 Å². The standard InChI is InChI=1S/C6H7NO2S.C4H4S/c1-3-5(4(2)8)10-6(9)7-3;1-2-4-5-3-1/h1-2H3,(H,7,9);1-4H. The highest BCUT2D eigenvalue weighted by atomic mass is 32.1. The Balaban J connectivity index is 0.000000187. The fourth-order valence-electron chi connectivity index (χ4n) is 0.967. The zero-order chi connectivity index (χ0) is 11.3. The number of hydrogen-bond donors (Lipinski definition) is 1. The van der Waals surface area contributed by atoms with Crippen molar-refractivity contribution in [1.82, 2.24) is 4.98 Å². The maximum Gasteiger partial charge on any atom is 0.305 e. The van der Waals surface area contributed by atoms with Gasteiger partial charge in [-0.25, -0.2) is 0 Å². The van der Waals surface area contributed by atoms with E-state index in [-0.39, 0.29) is 10.7 Å². The van der Waals surface area contributed by atoms with Crippen LogP contribution in [0.25, 0.3) is 0 Å². The Morgan fingerprint density at radius 3 is 2.13 bits per heavy atom. The van der Waals surface area contributed by atoms with Crippen LogP contribution in [0.5, 0.6) is 0 Å². The van der Waals surface area contributed by atoms with E-state index in [0.29, 0.717) is 10.6 Å². The molecule has 0 amide bonds. The molecule has 1 N–H and O–H groups in total. The lowest BCUT2D eigenvalue weighted by Gasteiger charge is -1.86. The van der Waals surface area contributed by atoms with Gasteiger partial charge in [0.2, 0.25) is 0 Å². The summed E-state index contributed by atoms with van der Waals surface area (Å²) in [6.07, 6.45) is 0. The van der Waals surface area contributed by atoms with E-state index in [1.807, 2.05) is 22.9 Å². The van der Waals surface area contributed by atoms with Crippen LogP contribution in [0, 0.1) is 6.92 Å². The predicted octanol–water partition coefficient (Wildman–Crippen LogP) is 2.70. The molecule has 2 aromatic rings. The normalized spacial score (nSPS) is 9.20. The van der Waals surface area contributed by atoms with Gasteiger partial charge in [0.25, 0.3) is 0 Å². The van der Waals surface area contributed by atoms with Crippen molar-refractivity contribution < 1.29 is 4.79 Å². The molecule has 0 aliphatic carbocycles. The van der Waals surface area contributed by atoms with Crippen LogP contribution < -0.4 is 4.87 Å². The summed E-state index contributed by atoms with van der Waals surface area (Å²) < 4.78 is 0. The molecule has 0 unspecified atom stereocenters. The second-order valence-corrected chi connectivity index (χ2v) is 4.62. The van der Waals surface area contributed by atoms with Crippen molar-refractivity contribution in [1.29, 1.82) is 0 Å². The molecule has 5 heteroatoms. The lowest BCUT2D eigenvalue weighted by atomic mass is 10.3. The number of carbonyl (C=O) groups is 1. The summed E-state index contributed by atoms with van der Waals surface area (Å²) in [4.78, 5) is 24.3. The third kappa shape index (κ3) is 3.81. The summed E-state index contributed by atoms with van der Waals surface area (Å²) >= 11 is 2.67. The summed E-state index contributed by atoms with van der Waals surface area (Å²) in [6, 6.07) is 4.04. The first-order chi connectivity index (χ1) is 7.11. The minimum atomic E-state index is -0.164. The molecule has 0 fully saturated rings. The molecule has 15 heavy (non-hydrogen) atoms. The number of ketones is 1. The highest BCUT2D eigenvalue weighted by Gasteiger charge is 2.06. The van der Waals surface area contributed by atoms with Crippen molar-refractivity contribution >= 4 is 28.5 Å². The monoisotopic (exact) mass is 241 g/mol. The molecule has 80 valence electrons. The summed E-state index contributed by atoms with van der Waals surface area (Å²) in [7, 11) is 0. The van der Waals surface area contributed by atoms with Gasteiger partial charge in [0.05, 0.1) is 4.88 Å². The number of H-pyrrole nitrogens is 1. The summed E-state index contributed by atoms with van der Waals surface area (Å²) in [5, 5.41) is 4.08. The number of aryl methyl sites for hydroxylation is 1. The van der Waals surface area contributed by atoms with Gasteiger partial charge in [-0.15, -0.1) is 0 Å². The Bertz CT molecular complexity index is 451. The quantitative estimate of drug-likeness (QED) is 0.780. The maximum absolute atomic E-state index is 10.7. The lowest BCUT2D eigenvalue weighted by Crippen LogP contribution is -1.91. The van der Waals surface area contributed by atoms with Crippen LogP contribution in [0.2, 0.25) is 0 Å². The zero-order valence-corrected chi connectivity index (χ0v) is 10.1. The molecule has 3 nitrogen and oxygen atoms in total. The number of Topliss-reactive ketones (excluding diaryl/α,β-unsaturated/α-hetero) is 1. The summed E-state index contributed by atoms with van der Waals surface area (Å²) in [6.45, 7) is 3.17. The van der Waals surface area contributed by atoms with Crippen molar-refractivity contribution in [2.75, 3.05) is 0 Å². The van der Waals surface area contributed by atoms with Crippen molar-refractivity contribution in [3.63, 3.8) is 0 Å². The molecule has 0 aliphatic heterocycles. The van der Waals surface area contributed by atoms with Gasteiger partial charge in [-0.2, -0.15) is 11.3 Å². The number of rotatable bonds is 1. The molecule has 0 radical (unpaired) electrons. The van der Waals surface area contributed by atoms with Crippen molar-refractivity contribution in [3.8, 4) is 0 Å². The zero-order valence-electron chi connectivity index (χ0n) is 8.44. The molecule has 2 heterocycles. The van der Waals surface area contributed by atoms with Crippen LogP contribution in [0.4, 0.5) is 0 Å². The molecule has 2 rings (SSSR count). The number of aromatic nitrogens is 1. The maximum atomic E-state index is 10.7. The van der Waals surface area contributed by atoms with Gasteiger partial charge in [-0.05, 0) is 17.7 Å². The third-order valence-corrected chi connectivity index (χ3v) is 3.28. The van der Waals surface area contributed by atoms with E-state index >= 15 is 0 Å². The average Bonchev–Trinajstić information content (AvgIpc) is 2.77. The average molecular weight is 241 g/mol. The second kappa shape index (κ2) is 5.63. The topological polar surface area (TPSA) is 49.9 Å². The number of hydrogen-bond acceptors (Lipinski definition) is 4. The summed E-state index contributed by atoms with van der Waals surface area (Å²) in [5.74, 6) is -0.0548. The van der Waals surface area contributed by atoms with Crippen molar-refractivity contribution in [3.05, 3.63) is 43.1 Å². The van der Waals surface area contributed by atoms with E-state index in [1.165, 1.54) is 6.92 Å². The second-order valence-electron chi connectivity index (χ2n) is 2.82. The highest BCUT2D eigenvalue weighted by molar-refractivity contribution is 7.11. The first-order valence-electron chi connectivity index (χ1n) is 4.29. The smallest absolute Gasteiger partial charge is 0.305 e. The number of nitrogens with one attached hydrogen (secondary N) is 1. The van der Waals surface area contributed by atoms with Gasteiger partial charge in [-0.3, -0.25) is 9.59 Å². The Morgan fingerprint density at radius 1 is 1.33 bits per heavy atom. The molecular weight excluding hydrogens is 230 g/mol. The molecule has 0 saturated carbocycles. The number of carbonyl (C=O) groups excluding carboxylic acids is 1. The Kier molecular flexibility index (Phi) is 4.45. The first-order valence-corrected chi connectivity index (χ1v) is 6.05.